The quantitative estimate of drug-likeness (QED) is 0.475. The van der Waals surface area contributed by atoms with E-state index in [1.54, 1.807) is 12.7 Å². The monoisotopic (exact) mass is 442 g/mol. The van der Waals surface area contributed by atoms with Gasteiger partial charge in [0.2, 0.25) is 0 Å². The molecule has 1 fully saturated rings. The fourth-order valence-electron chi connectivity index (χ4n) is 4.80. The molecule has 33 heavy (non-hydrogen) atoms. The van der Waals surface area contributed by atoms with E-state index < -0.39 is 6.10 Å². The van der Waals surface area contributed by atoms with Crippen molar-refractivity contribution in [1.29, 1.82) is 0 Å². The van der Waals surface area contributed by atoms with Crippen molar-refractivity contribution >= 4 is 11.2 Å². The van der Waals surface area contributed by atoms with Crippen LogP contribution in [0.4, 0.5) is 0 Å². The van der Waals surface area contributed by atoms with Crippen LogP contribution in [0.1, 0.15) is 22.9 Å². The van der Waals surface area contributed by atoms with Gasteiger partial charge in [-0.1, -0.05) is 60.7 Å². The average molecular weight is 443 g/mol. The molecule has 0 radical (unpaired) electrons. The minimum atomic E-state index is -0.483. The third-order valence-electron chi connectivity index (χ3n) is 6.46. The normalized spacial score (nSPS) is 16.5. The molecule has 3 heterocycles. The Kier molecular flexibility index (Phi) is 6.44. The number of rotatable bonds is 7. The highest BCUT2D eigenvalue weighted by Gasteiger charge is 2.27. The molecule has 1 atom stereocenters. The summed E-state index contributed by atoms with van der Waals surface area (Å²) >= 11 is 0. The molecule has 7 heteroatoms. The van der Waals surface area contributed by atoms with Crippen LogP contribution in [0.25, 0.3) is 11.2 Å². The smallest absolute Gasteiger partial charge is 0.163 e. The molecule has 0 unspecified atom stereocenters. The minimum Gasteiger partial charge on any atom is -0.390 e. The second-order valence-electron chi connectivity index (χ2n) is 8.74. The molecule has 0 amide bonds. The van der Waals surface area contributed by atoms with Gasteiger partial charge in [0.1, 0.15) is 11.8 Å². The van der Waals surface area contributed by atoms with E-state index in [2.05, 4.69) is 85.4 Å². The van der Waals surface area contributed by atoms with Crippen molar-refractivity contribution in [3.05, 3.63) is 90.1 Å². The molecule has 1 aliphatic heterocycles. The maximum Gasteiger partial charge on any atom is 0.163 e. The van der Waals surface area contributed by atoms with Gasteiger partial charge in [-0.25, -0.2) is 15.0 Å². The number of β-amino-alcohol motifs (C(OH)–C–C–N with tert-alkyl or cyclic N) is 1. The Morgan fingerprint density at radius 1 is 0.818 bits per heavy atom. The summed E-state index contributed by atoms with van der Waals surface area (Å²) in [6, 6.07) is 21.7. The number of aryl methyl sites for hydroxylation is 1. The highest BCUT2D eigenvalue weighted by Crippen LogP contribution is 2.29. The summed E-state index contributed by atoms with van der Waals surface area (Å²) in [7, 11) is 0. The van der Waals surface area contributed by atoms with Crippen LogP contribution in [-0.4, -0.2) is 73.3 Å². The number of aliphatic hydroxyl groups excluding tert-OH is 1. The fraction of sp³-hybridized carbons (Fsp3) is 0.346. The standard InChI is InChI=1S/C26H30N6O/c1-20-24-26(28-18-27-20)32(19-29-24)17-23(33)16-30-12-14-31(15-13-30)25(21-8-4-2-5-9-21)22-10-6-3-7-11-22/h2-11,18-19,23,25,33H,12-17H2,1H3/t23-/m0/s1. The largest absolute Gasteiger partial charge is 0.390 e. The van der Waals surface area contributed by atoms with Gasteiger partial charge in [0.05, 0.1) is 30.7 Å². The van der Waals surface area contributed by atoms with E-state index in [1.807, 2.05) is 11.5 Å². The van der Waals surface area contributed by atoms with E-state index in [-0.39, 0.29) is 6.04 Å². The number of aromatic nitrogens is 4. The van der Waals surface area contributed by atoms with Crippen molar-refractivity contribution in [3.8, 4) is 0 Å². The number of imidazole rings is 1. The van der Waals surface area contributed by atoms with E-state index in [9.17, 15) is 5.11 Å². The molecule has 7 nitrogen and oxygen atoms in total. The predicted octanol–water partition coefficient (Wildman–Crippen LogP) is 2.90. The lowest BCUT2D eigenvalue weighted by molar-refractivity contribution is 0.0560. The number of hydrogen-bond acceptors (Lipinski definition) is 6. The molecule has 0 saturated carbocycles. The van der Waals surface area contributed by atoms with Crippen LogP contribution in [-0.2, 0) is 6.54 Å². The van der Waals surface area contributed by atoms with E-state index >= 15 is 0 Å². The van der Waals surface area contributed by atoms with Crippen LogP contribution in [0.2, 0.25) is 0 Å². The summed E-state index contributed by atoms with van der Waals surface area (Å²) in [6.07, 6.45) is 2.82. The Hall–Kier alpha value is -3.13. The van der Waals surface area contributed by atoms with Crippen LogP contribution in [0.15, 0.2) is 73.3 Å². The van der Waals surface area contributed by atoms with Gasteiger partial charge in [-0.2, -0.15) is 0 Å². The van der Waals surface area contributed by atoms with Crippen molar-refractivity contribution in [2.75, 3.05) is 32.7 Å². The Morgan fingerprint density at radius 2 is 1.45 bits per heavy atom. The van der Waals surface area contributed by atoms with Gasteiger partial charge in [0.25, 0.3) is 0 Å². The van der Waals surface area contributed by atoms with Crippen molar-refractivity contribution in [1.82, 2.24) is 29.3 Å². The maximum absolute atomic E-state index is 10.8. The van der Waals surface area contributed by atoms with Gasteiger partial charge in [0.15, 0.2) is 5.65 Å². The number of benzene rings is 2. The predicted molar refractivity (Wildman–Crippen MR) is 129 cm³/mol. The third kappa shape index (κ3) is 4.80. The number of aliphatic hydroxyl groups is 1. The lowest BCUT2D eigenvalue weighted by Crippen LogP contribution is -2.50. The molecule has 1 N–H and O–H groups in total. The SMILES string of the molecule is Cc1ncnc2c1ncn2C[C@@H](O)CN1CCN(C(c2ccccc2)c2ccccc2)CC1. The van der Waals surface area contributed by atoms with Crippen molar-refractivity contribution in [2.24, 2.45) is 0 Å². The number of hydrogen-bond donors (Lipinski definition) is 1. The van der Waals surface area contributed by atoms with Crippen LogP contribution < -0.4 is 0 Å². The van der Waals surface area contributed by atoms with E-state index in [0.29, 0.717) is 13.1 Å². The van der Waals surface area contributed by atoms with Crippen molar-refractivity contribution in [3.63, 3.8) is 0 Å². The fourth-order valence-corrected chi connectivity index (χ4v) is 4.80. The first-order chi connectivity index (χ1) is 16.2. The van der Waals surface area contributed by atoms with E-state index in [1.165, 1.54) is 11.1 Å². The lowest BCUT2D eigenvalue weighted by atomic mass is 9.96. The Balaban J connectivity index is 1.22. The Labute approximate surface area is 194 Å². The minimum absolute atomic E-state index is 0.250. The number of nitrogens with zero attached hydrogens (tertiary/aromatic N) is 6. The second-order valence-corrected chi connectivity index (χ2v) is 8.74. The lowest BCUT2D eigenvalue weighted by Gasteiger charge is -2.40. The van der Waals surface area contributed by atoms with Gasteiger partial charge < -0.3 is 9.67 Å². The van der Waals surface area contributed by atoms with Gasteiger partial charge in [0, 0.05) is 32.7 Å². The Bertz CT molecular complexity index is 1130. The molecule has 0 bridgehead atoms. The molecular weight excluding hydrogens is 412 g/mol. The van der Waals surface area contributed by atoms with Crippen LogP contribution in [0.5, 0.6) is 0 Å². The molecule has 0 aliphatic carbocycles. The van der Waals surface area contributed by atoms with E-state index in [0.717, 1.165) is 43.0 Å². The summed E-state index contributed by atoms with van der Waals surface area (Å²) in [5, 5.41) is 10.8. The van der Waals surface area contributed by atoms with Gasteiger partial charge in [-0.3, -0.25) is 9.80 Å². The second kappa shape index (κ2) is 9.79. The first-order valence-electron chi connectivity index (χ1n) is 11.6. The van der Waals surface area contributed by atoms with Gasteiger partial charge in [-0.15, -0.1) is 0 Å². The molecule has 1 saturated heterocycles. The molecule has 2 aromatic carbocycles. The molecule has 170 valence electrons. The average Bonchev–Trinajstić information content (AvgIpc) is 3.26. The maximum atomic E-state index is 10.8. The summed E-state index contributed by atoms with van der Waals surface area (Å²) in [4.78, 5) is 17.9. The molecule has 4 aromatic rings. The highest BCUT2D eigenvalue weighted by atomic mass is 16.3. The number of fused-ring (bicyclic) bond motifs is 1. The van der Waals surface area contributed by atoms with Gasteiger partial charge in [-0.05, 0) is 18.1 Å². The Morgan fingerprint density at radius 3 is 2.09 bits per heavy atom. The summed E-state index contributed by atoms with van der Waals surface area (Å²) in [6.45, 7) is 6.82. The van der Waals surface area contributed by atoms with Crippen molar-refractivity contribution < 1.29 is 5.11 Å². The zero-order valence-corrected chi connectivity index (χ0v) is 19.0. The molecular formula is C26H30N6O. The van der Waals surface area contributed by atoms with Crippen LogP contribution in [0.3, 0.4) is 0 Å². The van der Waals surface area contributed by atoms with Gasteiger partial charge >= 0.3 is 0 Å². The van der Waals surface area contributed by atoms with Crippen molar-refractivity contribution in [2.45, 2.75) is 25.6 Å². The molecule has 1 aliphatic rings. The first-order valence-corrected chi connectivity index (χ1v) is 11.6. The van der Waals surface area contributed by atoms with Crippen LogP contribution >= 0.6 is 0 Å². The summed E-state index contributed by atoms with van der Waals surface area (Å²) in [5.41, 5.74) is 5.07. The molecule has 2 aromatic heterocycles. The van der Waals surface area contributed by atoms with Crippen LogP contribution in [0, 0.1) is 6.92 Å². The molecule has 5 rings (SSSR count). The first kappa shape index (κ1) is 21.7. The topological polar surface area (TPSA) is 70.3 Å². The van der Waals surface area contributed by atoms with E-state index in [4.69, 9.17) is 0 Å². The molecule has 0 spiro atoms. The summed E-state index contributed by atoms with van der Waals surface area (Å²) < 4.78 is 1.92. The highest BCUT2D eigenvalue weighted by molar-refractivity contribution is 5.72. The third-order valence-corrected chi connectivity index (χ3v) is 6.46. The zero-order valence-electron chi connectivity index (χ0n) is 19.0. The zero-order chi connectivity index (χ0) is 22.6. The number of piperazine rings is 1. The summed E-state index contributed by atoms with van der Waals surface area (Å²) in [5.74, 6) is 0.